The lowest BCUT2D eigenvalue weighted by molar-refractivity contribution is -0.123. The third kappa shape index (κ3) is 6.04. The zero-order valence-electron chi connectivity index (χ0n) is 13.2. The van der Waals surface area contributed by atoms with Gasteiger partial charge in [0.2, 0.25) is 0 Å². The minimum Gasteiger partial charge on any atom is -0.482 e. The van der Waals surface area contributed by atoms with E-state index in [1.807, 2.05) is 0 Å². The van der Waals surface area contributed by atoms with Crippen LogP contribution in [0.5, 0.6) is 11.5 Å². The summed E-state index contributed by atoms with van der Waals surface area (Å²) in [6.45, 7) is -1.46. The Hall–Kier alpha value is -2.67. The Morgan fingerprint density at radius 3 is 2.52 bits per heavy atom. The molecule has 0 saturated carbocycles. The maximum atomic E-state index is 12.1. The van der Waals surface area contributed by atoms with E-state index in [1.54, 1.807) is 43.3 Å². The average Bonchev–Trinajstić information content (AvgIpc) is 2.59. The van der Waals surface area contributed by atoms with Gasteiger partial charge in [-0.2, -0.15) is 13.9 Å². The van der Waals surface area contributed by atoms with Crippen LogP contribution in [-0.4, -0.2) is 24.8 Å². The number of carbonyl (C=O) groups excluding carboxylic acids is 1. The van der Waals surface area contributed by atoms with E-state index in [9.17, 15) is 13.6 Å². The van der Waals surface area contributed by atoms with Crippen molar-refractivity contribution in [2.45, 2.75) is 13.5 Å². The standard InChI is InChI=1S/C17H15ClF2N2O3/c1-11(12-6-8-13(9-7-12)25-17(19)20)21-22-16(23)10-24-15-5-3-2-4-14(15)18/h2-9,17H,10H2,1H3,(H,22,23)/b21-11+. The molecular weight excluding hydrogens is 354 g/mol. The van der Waals surface area contributed by atoms with E-state index in [4.69, 9.17) is 16.3 Å². The molecule has 0 aromatic heterocycles. The van der Waals surface area contributed by atoms with Crippen LogP contribution < -0.4 is 14.9 Å². The van der Waals surface area contributed by atoms with Crippen molar-refractivity contribution >= 4 is 23.2 Å². The lowest BCUT2D eigenvalue weighted by atomic mass is 10.1. The van der Waals surface area contributed by atoms with E-state index in [0.29, 0.717) is 22.0 Å². The molecule has 2 aromatic rings. The van der Waals surface area contributed by atoms with Gasteiger partial charge in [0.25, 0.3) is 5.91 Å². The Morgan fingerprint density at radius 2 is 1.88 bits per heavy atom. The number of rotatable bonds is 7. The minimum atomic E-state index is -2.88. The number of para-hydroxylation sites is 1. The molecule has 0 radical (unpaired) electrons. The van der Waals surface area contributed by atoms with Gasteiger partial charge in [-0.25, -0.2) is 5.43 Å². The van der Waals surface area contributed by atoms with Crippen LogP contribution >= 0.6 is 11.6 Å². The zero-order chi connectivity index (χ0) is 18.2. The Labute approximate surface area is 148 Å². The van der Waals surface area contributed by atoms with Crippen molar-refractivity contribution in [2.75, 3.05) is 6.61 Å². The molecule has 0 aliphatic carbocycles. The first-order valence-electron chi connectivity index (χ1n) is 7.21. The molecule has 0 saturated heterocycles. The number of hydrogen-bond donors (Lipinski definition) is 1. The molecule has 2 aromatic carbocycles. The van der Waals surface area contributed by atoms with Gasteiger partial charge in [0.1, 0.15) is 11.5 Å². The summed E-state index contributed by atoms with van der Waals surface area (Å²) in [7, 11) is 0. The first kappa shape index (κ1) is 18.7. The molecule has 0 fully saturated rings. The number of hydrogen-bond acceptors (Lipinski definition) is 4. The van der Waals surface area contributed by atoms with Crippen LogP contribution in [0.2, 0.25) is 5.02 Å². The summed E-state index contributed by atoms with van der Waals surface area (Å²) in [5.41, 5.74) is 3.49. The summed E-state index contributed by atoms with van der Waals surface area (Å²) in [6, 6.07) is 12.7. The van der Waals surface area contributed by atoms with Gasteiger partial charge < -0.3 is 9.47 Å². The van der Waals surface area contributed by atoms with E-state index < -0.39 is 12.5 Å². The second-order valence-electron chi connectivity index (χ2n) is 4.85. The average molecular weight is 369 g/mol. The lowest BCUT2D eigenvalue weighted by Crippen LogP contribution is -2.25. The molecule has 0 unspecified atom stereocenters. The highest BCUT2D eigenvalue weighted by molar-refractivity contribution is 6.32. The third-order valence-corrected chi connectivity index (χ3v) is 3.35. The maximum Gasteiger partial charge on any atom is 0.387 e. The van der Waals surface area contributed by atoms with E-state index in [-0.39, 0.29) is 12.4 Å². The van der Waals surface area contributed by atoms with Crippen molar-refractivity contribution in [1.29, 1.82) is 0 Å². The number of benzene rings is 2. The molecule has 1 N–H and O–H groups in total. The summed E-state index contributed by atoms with van der Waals surface area (Å²) in [5, 5.41) is 4.34. The fourth-order valence-electron chi connectivity index (χ4n) is 1.83. The summed E-state index contributed by atoms with van der Waals surface area (Å²) >= 11 is 5.92. The SMILES string of the molecule is C/C(=N\NC(=O)COc1ccccc1Cl)c1ccc(OC(F)F)cc1. The van der Waals surface area contributed by atoms with Crippen LogP contribution in [0.1, 0.15) is 12.5 Å². The number of nitrogens with one attached hydrogen (secondary N) is 1. The number of alkyl halides is 2. The largest absolute Gasteiger partial charge is 0.482 e. The molecular formula is C17H15ClF2N2O3. The monoisotopic (exact) mass is 368 g/mol. The van der Waals surface area contributed by atoms with Crippen molar-refractivity contribution in [3.05, 3.63) is 59.1 Å². The van der Waals surface area contributed by atoms with Gasteiger partial charge in [0.05, 0.1) is 10.7 Å². The third-order valence-electron chi connectivity index (χ3n) is 3.04. The van der Waals surface area contributed by atoms with Crippen molar-refractivity contribution < 1.29 is 23.0 Å². The second kappa shape index (κ2) is 8.98. The molecule has 0 atom stereocenters. The van der Waals surface area contributed by atoms with Crippen molar-refractivity contribution in [3.63, 3.8) is 0 Å². The minimum absolute atomic E-state index is 0.0451. The topological polar surface area (TPSA) is 59.9 Å². The number of hydrazone groups is 1. The first-order chi connectivity index (χ1) is 12.0. The smallest absolute Gasteiger partial charge is 0.387 e. The number of amides is 1. The highest BCUT2D eigenvalue weighted by atomic mass is 35.5. The van der Waals surface area contributed by atoms with Gasteiger partial charge in [0, 0.05) is 0 Å². The van der Waals surface area contributed by atoms with Crippen molar-refractivity contribution in [2.24, 2.45) is 5.10 Å². The summed E-state index contributed by atoms with van der Waals surface area (Å²) in [4.78, 5) is 11.7. The van der Waals surface area contributed by atoms with Crippen LogP contribution in [0.4, 0.5) is 8.78 Å². The maximum absolute atomic E-state index is 12.1. The summed E-state index contributed by atoms with van der Waals surface area (Å²) < 4.78 is 33.7. The van der Waals surface area contributed by atoms with Crippen LogP contribution in [0.15, 0.2) is 53.6 Å². The number of nitrogens with zero attached hydrogens (tertiary/aromatic N) is 1. The van der Waals surface area contributed by atoms with Gasteiger partial charge in [-0.15, -0.1) is 0 Å². The molecule has 1 amide bonds. The van der Waals surface area contributed by atoms with Crippen LogP contribution in [0.3, 0.4) is 0 Å². The van der Waals surface area contributed by atoms with Crippen molar-refractivity contribution in [3.8, 4) is 11.5 Å². The molecule has 0 aliphatic rings. The molecule has 8 heteroatoms. The highest BCUT2D eigenvalue weighted by Gasteiger charge is 2.07. The Morgan fingerprint density at radius 1 is 1.20 bits per heavy atom. The zero-order valence-corrected chi connectivity index (χ0v) is 14.0. The van der Waals surface area contributed by atoms with Crippen LogP contribution in [-0.2, 0) is 4.79 Å². The van der Waals surface area contributed by atoms with Gasteiger partial charge in [-0.05, 0) is 48.9 Å². The molecule has 25 heavy (non-hydrogen) atoms. The summed E-state index contributed by atoms with van der Waals surface area (Å²) in [5.74, 6) is -0.0183. The molecule has 0 bridgehead atoms. The first-order valence-corrected chi connectivity index (χ1v) is 7.59. The van der Waals surface area contributed by atoms with E-state index in [2.05, 4.69) is 15.3 Å². The van der Waals surface area contributed by atoms with Gasteiger partial charge >= 0.3 is 6.61 Å². The predicted octanol–water partition coefficient (Wildman–Crippen LogP) is 3.86. The van der Waals surface area contributed by atoms with Gasteiger partial charge in [-0.3, -0.25) is 4.79 Å². The fourth-order valence-corrected chi connectivity index (χ4v) is 2.02. The predicted molar refractivity (Wildman–Crippen MR) is 90.4 cm³/mol. The second-order valence-corrected chi connectivity index (χ2v) is 5.26. The lowest BCUT2D eigenvalue weighted by Gasteiger charge is -2.07. The number of halogens is 3. The number of ether oxygens (including phenoxy) is 2. The molecule has 5 nitrogen and oxygen atoms in total. The Bertz CT molecular complexity index is 752. The molecule has 2 rings (SSSR count). The van der Waals surface area contributed by atoms with E-state index in [0.717, 1.165) is 0 Å². The van der Waals surface area contributed by atoms with Gasteiger partial charge in [0.15, 0.2) is 6.61 Å². The van der Waals surface area contributed by atoms with Crippen LogP contribution in [0, 0.1) is 0 Å². The summed E-state index contributed by atoms with van der Waals surface area (Å²) in [6.07, 6.45) is 0. The fraction of sp³-hybridized carbons (Fsp3) is 0.176. The van der Waals surface area contributed by atoms with Crippen molar-refractivity contribution in [1.82, 2.24) is 5.43 Å². The van der Waals surface area contributed by atoms with Crippen LogP contribution in [0.25, 0.3) is 0 Å². The normalized spacial score (nSPS) is 11.3. The molecule has 132 valence electrons. The number of carbonyl (C=O) groups is 1. The van der Waals surface area contributed by atoms with E-state index >= 15 is 0 Å². The Balaban J connectivity index is 1.87. The molecule has 0 spiro atoms. The molecule has 0 heterocycles. The van der Waals surface area contributed by atoms with Gasteiger partial charge in [-0.1, -0.05) is 23.7 Å². The van der Waals surface area contributed by atoms with E-state index in [1.165, 1.54) is 12.1 Å². The molecule has 0 aliphatic heterocycles. The quantitative estimate of drug-likeness (QED) is 0.596. The Kier molecular flexibility index (Phi) is 6.71. The highest BCUT2D eigenvalue weighted by Crippen LogP contribution is 2.22.